The Kier molecular flexibility index (Phi) is 9.01. The first kappa shape index (κ1) is 29.4. The van der Waals surface area contributed by atoms with Gasteiger partial charge in [-0.15, -0.1) is 13.2 Å². The van der Waals surface area contributed by atoms with Crippen LogP contribution in [-0.2, 0) is 32.1 Å². The molecule has 0 atom stereocenters. The van der Waals surface area contributed by atoms with E-state index in [-0.39, 0.29) is 36.0 Å². The summed E-state index contributed by atoms with van der Waals surface area (Å²) in [6.07, 6.45) is -2.39. The molecule has 0 aliphatic carbocycles. The lowest BCUT2D eigenvalue weighted by atomic mass is 9.96. The fourth-order valence-corrected chi connectivity index (χ4v) is 4.67. The first-order valence-electron chi connectivity index (χ1n) is 12.9. The van der Waals surface area contributed by atoms with Gasteiger partial charge in [-0.3, -0.25) is 0 Å². The van der Waals surface area contributed by atoms with Gasteiger partial charge >= 0.3 is 6.36 Å². The number of halogens is 8. The molecule has 0 aliphatic rings. The van der Waals surface area contributed by atoms with Crippen LogP contribution in [-0.4, -0.2) is 6.36 Å². The Morgan fingerprint density at radius 1 is 0.625 bits per heavy atom. The molecule has 212 valence electrons. The second kappa shape index (κ2) is 12.3. The van der Waals surface area contributed by atoms with E-state index in [1.165, 1.54) is 18.2 Å². The molecule has 1 nitrogen and oxygen atoms in total. The van der Waals surface area contributed by atoms with Crippen LogP contribution in [0, 0.1) is 29.1 Å². The first-order chi connectivity index (χ1) is 18.9. The van der Waals surface area contributed by atoms with Gasteiger partial charge in [-0.25, -0.2) is 22.0 Å². The van der Waals surface area contributed by atoms with Gasteiger partial charge in [-0.1, -0.05) is 43.7 Å². The minimum absolute atomic E-state index is 0.00717. The number of fused-ring (bicyclic) bond motifs is 1. The van der Waals surface area contributed by atoms with Crippen molar-refractivity contribution in [3.05, 3.63) is 112 Å². The van der Waals surface area contributed by atoms with Crippen molar-refractivity contribution in [3.63, 3.8) is 0 Å². The van der Waals surface area contributed by atoms with Crippen LogP contribution in [0.25, 0.3) is 10.8 Å². The first-order valence-corrected chi connectivity index (χ1v) is 12.9. The molecule has 4 aromatic carbocycles. The average molecular weight is 567 g/mol. The highest BCUT2D eigenvalue weighted by Gasteiger charge is 2.34. The van der Waals surface area contributed by atoms with Crippen molar-refractivity contribution in [2.45, 2.75) is 58.2 Å². The minimum atomic E-state index is -5.25. The van der Waals surface area contributed by atoms with Crippen molar-refractivity contribution in [1.29, 1.82) is 0 Å². The summed E-state index contributed by atoms with van der Waals surface area (Å²) in [5.74, 6) is -6.26. The van der Waals surface area contributed by atoms with Gasteiger partial charge < -0.3 is 4.74 Å². The monoisotopic (exact) mass is 566 g/mol. The summed E-state index contributed by atoms with van der Waals surface area (Å²) in [7, 11) is 0. The van der Waals surface area contributed by atoms with Crippen molar-refractivity contribution in [2.24, 2.45) is 0 Å². The predicted molar refractivity (Wildman–Crippen MR) is 137 cm³/mol. The van der Waals surface area contributed by atoms with E-state index in [9.17, 15) is 30.7 Å². The molecule has 0 N–H and O–H groups in total. The van der Waals surface area contributed by atoms with Crippen LogP contribution in [0.2, 0.25) is 0 Å². The number of benzene rings is 4. The van der Waals surface area contributed by atoms with Crippen LogP contribution in [0.4, 0.5) is 35.1 Å². The van der Waals surface area contributed by atoms with Crippen LogP contribution >= 0.6 is 0 Å². The lowest BCUT2D eigenvalue weighted by Gasteiger charge is -2.12. The topological polar surface area (TPSA) is 9.23 Å². The molecule has 0 fully saturated rings. The Hall–Kier alpha value is -3.62. The normalized spacial score (nSPS) is 11.8. The zero-order valence-corrected chi connectivity index (χ0v) is 21.6. The molecule has 0 heterocycles. The smallest absolute Gasteiger partial charge is 0.399 e. The summed E-state index contributed by atoms with van der Waals surface area (Å²) in [6.45, 7) is 2.00. The van der Waals surface area contributed by atoms with Crippen molar-refractivity contribution < 1.29 is 39.9 Å². The number of aryl methyl sites for hydroxylation is 4. The Labute approximate surface area is 226 Å². The maximum atomic E-state index is 15.2. The molecule has 0 radical (unpaired) electrons. The lowest BCUT2D eigenvalue weighted by Crippen LogP contribution is -2.19. The summed E-state index contributed by atoms with van der Waals surface area (Å²) in [4.78, 5) is 0. The zero-order chi connectivity index (χ0) is 29.0. The predicted octanol–water partition coefficient (Wildman–Crippen LogP) is 9.35. The molecule has 0 saturated heterocycles. The van der Waals surface area contributed by atoms with E-state index in [1.807, 2.05) is 6.92 Å². The molecule has 0 spiro atoms. The van der Waals surface area contributed by atoms with E-state index in [1.54, 1.807) is 24.3 Å². The third-order valence-electron chi connectivity index (χ3n) is 6.74. The van der Waals surface area contributed by atoms with E-state index >= 15 is 4.39 Å². The van der Waals surface area contributed by atoms with Crippen LogP contribution in [0.1, 0.15) is 47.6 Å². The third kappa shape index (κ3) is 7.11. The van der Waals surface area contributed by atoms with Crippen molar-refractivity contribution in [1.82, 2.24) is 0 Å². The summed E-state index contributed by atoms with van der Waals surface area (Å²) < 4.78 is 113. The summed E-state index contributed by atoms with van der Waals surface area (Å²) in [5.41, 5.74) is 1.69. The highest BCUT2D eigenvalue weighted by Crippen LogP contribution is 2.30. The van der Waals surface area contributed by atoms with E-state index in [4.69, 9.17) is 0 Å². The van der Waals surface area contributed by atoms with E-state index in [0.29, 0.717) is 29.2 Å². The summed E-state index contributed by atoms with van der Waals surface area (Å²) in [5, 5.41) is 0.866. The molecule has 40 heavy (non-hydrogen) atoms. The van der Waals surface area contributed by atoms with Crippen LogP contribution < -0.4 is 4.74 Å². The minimum Gasteiger partial charge on any atom is -0.399 e. The van der Waals surface area contributed by atoms with E-state index in [0.717, 1.165) is 30.5 Å². The summed E-state index contributed by atoms with van der Waals surface area (Å²) >= 11 is 0. The second-order valence-corrected chi connectivity index (χ2v) is 9.67. The van der Waals surface area contributed by atoms with E-state index < -0.39 is 41.2 Å². The largest absolute Gasteiger partial charge is 0.573 e. The molecule has 9 heteroatoms. The van der Waals surface area contributed by atoms with Crippen LogP contribution in [0.15, 0.2) is 54.6 Å². The molecule has 4 aromatic rings. The number of unbranched alkanes of at least 4 members (excludes halogenated alkanes) is 1. The molecular weight excluding hydrogens is 540 g/mol. The fourth-order valence-electron chi connectivity index (χ4n) is 4.67. The highest BCUT2D eigenvalue weighted by atomic mass is 19.4. The number of hydrogen-bond donors (Lipinski definition) is 0. The van der Waals surface area contributed by atoms with Gasteiger partial charge in [0.2, 0.25) is 5.75 Å². The zero-order valence-electron chi connectivity index (χ0n) is 21.6. The highest BCUT2D eigenvalue weighted by molar-refractivity contribution is 5.84. The lowest BCUT2D eigenvalue weighted by molar-refractivity contribution is -0.276. The van der Waals surface area contributed by atoms with Gasteiger partial charge in [0.05, 0.1) is 0 Å². The van der Waals surface area contributed by atoms with E-state index in [2.05, 4.69) is 4.74 Å². The Balaban J connectivity index is 1.45. The molecule has 0 unspecified atom stereocenters. The number of alkyl halides is 3. The number of ether oxygens (including phenoxy) is 1. The van der Waals surface area contributed by atoms with Gasteiger partial charge in [0, 0.05) is 10.9 Å². The molecular formula is C31H26F8O. The van der Waals surface area contributed by atoms with Crippen LogP contribution in [0.3, 0.4) is 0 Å². The fraction of sp³-hybridized carbons (Fsp3) is 0.290. The number of hydrogen-bond acceptors (Lipinski definition) is 1. The van der Waals surface area contributed by atoms with Gasteiger partial charge in [0.25, 0.3) is 0 Å². The number of rotatable bonds is 10. The third-order valence-corrected chi connectivity index (χ3v) is 6.74. The SMILES string of the molecule is CCCCc1cc(F)c(CCc2ccc3c(F)c(CCc4cc(F)c(OC(F)(F)F)c(F)c4)ccc3c2)c(F)c1. The molecule has 4 rings (SSSR count). The van der Waals surface area contributed by atoms with Gasteiger partial charge in [-0.2, -0.15) is 0 Å². The quantitative estimate of drug-likeness (QED) is 0.174. The van der Waals surface area contributed by atoms with Crippen LogP contribution in [0.5, 0.6) is 5.75 Å². The van der Waals surface area contributed by atoms with Crippen molar-refractivity contribution in [2.75, 3.05) is 0 Å². The average Bonchev–Trinajstić information content (AvgIpc) is 2.88. The van der Waals surface area contributed by atoms with Gasteiger partial charge in [0.15, 0.2) is 11.6 Å². The Morgan fingerprint density at radius 3 is 1.85 bits per heavy atom. The van der Waals surface area contributed by atoms with Crippen molar-refractivity contribution >= 4 is 10.8 Å². The Morgan fingerprint density at radius 2 is 1.23 bits per heavy atom. The van der Waals surface area contributed by atoms with Crippen molar-refractivity contribution in [3.8, 4) is 5.75 Å². The summed E-state index contributed by atoms with van der Waals surface area (Å²) in [6, 6.07) is 12.3. The maximum absolute atomic E-state index is 15.2. The Bertz CT molecular complexity index is 1460. The maximum Gasteiger partial charge on any atom is 0.573 e. The molecule has 0 saturated carbocycles. The standard InChI is InChI=1S/C31H26F8O/c1-2-3-4-19-14-25(32)24(26(33)15-19)12-7-18-6-11-23-22(13-18)10-9-21(29(23)36)8-5-20-16-27(34)30(28(35)17-20)40-31(37,38)39/h6,9-11,13-17H,2-5,7-8,12H2,1H3. The van der Waals surface area contributed by atoms with Gasteiger partial charge in [0.1, 0.15) is 17.5 Å². The molecule has 0 aromatic heterocycles. The van der Waals surface area contributed by atoms with Gasteiger partial charge in [-0.05, 0) is 90.4 Å². The molecule has 0 amide bonds. The molecule has 0 aliphatic heterocycles. The molecule has 0 bridgehead atoms. The second-order valence-electron chi connectivity index (χ2n) is 9.67.